The maximum Gasteiger partial charge on any atom is 0.0747 e. The molecule has 0 radical (unpaired) electrons. The number of nitrogens with zero attached hydrogens (tertiary/aromatic N) is 2. The number of hydrogen-bond donors (Lipinski definition) is 1. The Morgan fingerprint density at radius 2 is 1.83 bits per heavy atom. The van der Waals surface area contributed by atoms with E-state index in [4.69, 9.17) is 10.5 Å². The van der Waals surface area contributed by atoms with Crippen molar-refractivity contribution in [1.29, 1.82) is 0 Å². The Hall–Kier alpha value is -0.160. The van der Waals surface area contributed by atoms with Crippen molar-refractivity contribution < 1.29 is 4.74 Å². The second kappa shape index (κ2) is 5.45. The van der Waals surface area contributed by atoms with E-state index in [1.54, 1.807) is 0 Å². The highest BCUT2D eigenvalue weighted by atomic mass is 16.5. The lowest BCUT2D eigenvalue weighted by atomic mass is 10.0. The van der Waals surface area contributed by atoms with Crippen molar-refractivity contribution in [2.45, 2.75) is 56.9 Å². The van der Waals surface area contributed by atoms with E-state index in [2.05, 4.69) is 16.7 Å². The molecule has 2 saturated heterocycles. The summed E-state index contributed by atoms with van der Waals surface area (Å²) in [6.45, 7) is 7.71. The van der Waals surface area contributed by atoms with Gasteiger partial charge in [-0.1, -0.05) is 0 Å². The second-order valence-electron chi connectivity index (χ2n) is 6.17. The molecule has 4 nitrogen and oxygen atoms in total. The van der Waals surface area contributed by atoms with Gasteiger partial charge in [-0.3, -0.25) is 9.80 Å². The number of rotatable bonds is 4. The molecule has 1 saturated carbocycles. The van der Waals surface area contributed by atoms with E-state index in [1.807, 2.05) is 0 Å². The second-order valence-corrected chi connectivity index (χ2v) is 6.17. The van der Waals surface area contributed by atoms with E-state index >= 15 is 0 Å². The van der Waals surface area contributed by atoms with Gasteiger partial charge in [0.1, 0.15) is 0 Å². The summed E-state index contributed by atoms with van der Waals surface area (Å²) in [5.74, 6) is 0. The van der Waals surface area contributed by atoms with Crippen LogP contribution >= 0.6 is 0 Å². The average molecular weight is 253 g/mol. The van der Waals surface area contributed by atoms with Gasteiger partial charge in [0, 0.05) is 44.8 Å². The van der Waals surface area contributed by atoms with E-state index < -0.39 is 0 Å². The fourth-order valence-electron chi connectivity index (χ4n) is 3.53. The maximum atomic E-state index is 6.02. The number of nitrogens with two attached hydrogens (primary N) is 1. The fraction of sp³-hybridized carbons (Fsp3) is 1.00. The van der Waals surface area contributed by atoms with E-state index in [9.17, 15) is 0 Å². The highest BCUT2D eigenvalue weighted by molar-refractivity contribution is 4.92. The van der Waals surface area contributed by atoms with Crippen LogP contribution in [0.4, 0.5) is 0 Å². The summed E-state index contributed by atoms with van der Waals surface area (Å²) < 4.78 is 6.02. The molecule has 3 rings (SSSR count). The van der Waals surface area contributed by atoms with E-state index in [0.29, 0.717) is 18.2 Å². The third-order valence-electron chi connectivity index (χ3n) is 4.82. The zero-order chi connectivity index (χ0) is 12.5. The molecule has 3 aliphatic rings. The summed E-state index contributed by atoms with van der Waals surface area (Å²) in [4.78, 5) is 5.23. The molecule has 2 heterocycles. The first kappa shape index (κ1) is 12.9. The van der Waals surface area contributed by atoms with Crippen LogP contribution in [-0.4, -0.2) is 66.8 Å². The number of piperazine rings is 1. The Morgan fingerprint density at radius 3 is 2.33 bits per heavy atom. The Kier molecular flexibility index (Phi) is 3.89. The summed E-state index contributed by atoms with van der Waals surface area (Å²) in [6.07, 6.45) is 6.02. The van der Waals surface area contributed by atoms with Gasteiger partial charge in [0.05, 0.1) is 12.2 Å². The lowest BCUT2D eigenvalue weighted by molar-refractivity contribution is -0.0189. The summed E-state index contributed by atoms with van der Waals surface area (Å²) in [5, 5.41) is 0. The predicted octanol–water partition coefficient (Wildman–Crippen LogP) is 0.661. The van der Waals surface area contributed by atoms with Crippen molar-refractivity contribution in [3.05, 3.63) is 0 Å². The molecule has 0 bridgehead atoms. The summed E-state index contributed by atoms with van der Waals surface area (Å²) in [7, 11) is 0. The minimum Gasteiger partial charge on any atom is -0.374 e. The summed E-state index contributed by atoms with van der Waals surface area (Å²) >= 11 is 0. The first-order valence-corrected chi connectivity index (χ1v) is 7.61. The molecule has 104 valence electrons. The minimum atomic E-state index is 0.373. The molecule has 0 aromatic carbocycles. The molecule has 0 spiro atoms. The van der Waals surface area contributed by atoms with E-state index in [1.165, 1.54) is 51.9 Å². The molecule has 0 amide bonds. The summed E-state index contributed by atoms with van der Waals surface area (Å²) in [6, 6.07) is 1.35. The molecular formula is C14H27N3O. The van der Waals surface area contributed by atoms with Crippen molar-refractivity contribution in [3.63, 3.8) is 0 Å². The van der Waals surface area contributed by atoms with Crippen LogP contribution in [0, 0.1) is 0 Å². The van der Waals surface area contributed by atoms with Gasteiger partial charge in [0.2, 0.25) is 0 Å². The van der Waals surface area contributed by atoms with E-state index in [0.717, 1.165) is 12.6 Å². The van der Waals surface area contributed by atoms with E-state index in [-0.39, 0.29) is 0 Å². The topological polar surface area (TPSA) is 41.7 Å². The standard InChI is InChI=1S/C14H27N3O/c1-11-2-5-14(18-11)13(10-15)17-8-6-16(7-9-17)12-3-4-12/h11-14H,2-10,15H2,1H3. The maximum absolute atomic E-state index is 6.02. The first-order chi connectivity index (χ1) is 8.78. The van der Waals surface area contributed by atoms with Crippen molar-refractivity contribution in [1.82, 2.24) is 9.80 Å². The van der Waals surface area contributed by atoms with Gasteiger partial charge in [-0.15, -0.1) is 0 Å². The molecule has 2 aliphatic heterocycles. The largest absolute Gasteiger partial charge is 0.374 e. The highest BCUT2D eigenvalue weighted by Gasteiger charge is 2.36. The van der Waals surface area contributed by atoms with Crippen molar-refractivity contribution in [2.75, 3.05) is 32.7 Å². The van der Waals surface area contributed by atoms with Crippen LogP contribution in [0.2, 0.25) is 0 Å². The molecule has 2 N–H and O–H groups in total. The van der Waals surface area contributed by atoms with Crippen LogP contribution in [0.3, 0.4) is 0 Å². The van der Waals surface area contributed by atoms with Crippen molar-refractivity contribution >= 4 is 0 Å². The van der Waals surface area contributed by atoms with Crippen molar-refractivity contribution in [2.24, 2.45) is 5.73 Å². The Labute approximate surface area is 110 Å². The quantitative estimate of drug-likeness (QED) is 0.799. The predicted molar refractivity (Wildman–Crippen MR) is 72.6 cm³/mol. The Bertz CT molecular complexity index is 274. The van der Waals surface area contributed by atoms with Crippen LogP contribution in [-0.2, 0) is 4.74 Å². The molecule has 3 atom stereocenters. The lowest BCUT2D eigenvalue weighted by Crippen LogP contribution is -2.56. The third-order valence-corrected chi connectivity index (χ3v) is 4.82. The molecule has 0 aromatic heterocycles. The molecule has 3 fully saturated rings. The smallest absolute Gasteiger partial charge is 0.0747 e. The highest BCUT2D eigenvalue weighted by Crippen LogP contribution is 2.29. The van der Waals surface area contributed by atoms with Gasteiger partial charge in [-0.2, -0.15) is 0 Å². The monoisotopic (exact) mass is 253 g/mol. The van der Waals surface area contributed by atoms with Gasteiger partial charge < -0.3 is 10.5 Å². The molecule has 1 aliphatic carbocycles. The number of ether oxygens (including phenoxy) is 1. The average Bonchev–Trinajstić information content (AvgIpc) is 3.15. The molecule has 4 heteroatoms. The zero-order valence-corrected chi connectivity index (χ0v) is 11.6. The normalized spacial score (nSPS) is 37.0. The van der Waals surface area contributed by atoms with Crippen LogP contribution in [0.15, 0.2) is 0 Å². The van der Waals surface area contributed by atoms with Gasteiger partial charge in [-0.25, -0.2) is 0 Å². The minimum absolute atomic E-state index is 0.373. The van der Waals surface area contributed by atoms with Crippen molar-refractivity contribution in [3.8, 4) is 0 Å². The SMILES string of the molecule is CC1CCC(C(CN)N2CCN(C3CC3)CC2)O1. The first-order valence-electron chi connectivity index (χ1n) is 7.61. The van der Waals surface area contributed by atoms with Crippen LogP contribution in [0.5, 0.6) is 0 Å². The van der Waals surface area contributed by atoms with Gasteiger partial charge >= 0.3 is 0 Å². The van der Waals surface area contributed by atoms with Crippen LogP contribution in [0.1, 0.15) is 32.6 Å². The lowest BCUT2D eigenvalue weighted by Gasteiger charge is -2.41. The van der Waals surface area contributed by atoms with Gasteiger partial charge in [-0.05, 0) is 32.6 Å². The van der Waals surface area contributed by atoms with Crippen LogP contribution in [0.25, 0.3) is 0 Å². The Balaban J connectivity index is 1.52. The molecular weight excluding hydrogens is 226 g/mol. The van der Waals surface area contributed by atoms with Gasteiger partial charge in [0.15, 0.2) is 0 Å². The van der Waals surface area contributed by atoms with Crippen LogP contribution < -0.4 is 5.73 Å². The summed E-state index contributed by atoms with van der Waals surface area (Å²) in [5.41, 5.74) is 6.00. The Morgan fingerprint density at radius 1 is 1.11 bits per heavy atom. The fourth-order valence-corrected chi connectivity index (χ4v) is 3.53. The third kappa shape index (κ3) is 2.72. The van der Waals surface area contributed by atoms with Gasteiger partial charge in [0.25, 0.3) is 0 Å². The number of hydrogen-bond acceptors (Lipinski definition) is 4. The zero-order valence-electron chi connectivity index (χ0n) is 11.6. The molecule has 18 heavy (non-hydrogen) atoms. The molecule has 0 aromatic rings. The molecule has 3 unspecified atom stereocenters.